The molecule has 3 atom stereocenters. The molecule has 2 rings (SSSR count). The summed E-state index contributed by atoms with van der Waals surface area (Å²) >= 11 is 0. The van der Waals surface area contributed by atoms with Gasteiger partial charge < -0.3 is 0 Å². The molecule has 14 heavy (non-hydrogen) atoms. The normalized spacial score (nSPS) is 45.9. The van der Waals surface area contributed by atoms with Crippen molar-refractivity contribution in [1.29, 1.82) is 0 Å². The quantitative estimate of drug-likeness (QED) is 0.577. The molecule has 0 nitrogen and oxygen atoms in total. The van der Waals surface area contributed by atoms with Gasteiger partial charge in [-0.25, -0.2) is 0 Å². The highest BCUT2D eigenvalue weighted by Gasteiger charge is 2.50. The van der Waals surface area contributed by atoms with E-state index in [1.54, 1.807) is 0 Å². The second-order valence-corrected chi connectivity index (χ2v) is 7.43. The molecular formula is C14H26. The lowest BCUT2D eigenvalue weighted by atomic mass is 9.65. The molecular weight excluding hydrogens is 168 g/mol. The minimum absolute atomic E-state index is 0.612. The molecule has 2 fully saturated rings. The molecule has 0 saturated heterocycles. The Morgan fingerprint density at radius 1 is 1.00 bits per heavy atom. The van der Waals surface area contributed by atoms with Crippen molar-refractivity contribution >= 4 is 0 Å². The minimum atomic E-state index is 0.612. The summed E-state index contributed by atoms with van der Waals surface area (Å²) in [6, 6.07) is 0. The fraction of sp³-hybridized carbons (Fsp3) is 1.00. The number of fused-ring (bicyclic) bond motifs is 2. The average Bonchev–Trinajstić information content (AvgIpc) is 2.19. The third-order valence-electron chi connectivity index (χ3n) is 4.67. The fourth-order valence-electron chi connectivity index (χ4n) is 4.69. The van der Waals surface area contributed by atoms with Crippen molar-refractivity contribution in [3.05, 3.63) is 0 Å². The van der Waals surface area contributed by atoms with Crippen molar-refractivity contribution in [2.75, 3.05) is 0 Å². The van der Waals surface area contributed by atoms with Crippen molar-refractivity contribution < 1.29 is 0 Å². The lowest BCUT2D eigenvalue weighted by Crippen LogP contribution is -2.30. The van der Waals surface area contributed by atoms with Crippen molar-refractivity contribution in [2.45, 2.75) is 60.3 Å². The van der Waals surface area contributed by atoms with Crippen LogP contribution in [0.2, 0.25) is 0 Å². The Hall–Kier alpha value is 0. The maximum atomic E-state index is 2.53. The predicted molar refractivity (Wildman–Crippen MR) is 62.2 cm³/mol. The molecule has 0 aliphatic heterocycles. The van der Waals surface area contributed by atoms with E-state index < -0.39 is 0 Å². The Morgan fingerprint density at radius 3 is 2.21 bits per heavy atom. The smallest absolute Gasteiger partial charge is 0.0315 e. The monoisotopic (exact) mass is 194 g/mol. The topological polar surface area (TPSA) is 0 Å². The van der Waals surface area contributed by atoms with Crippen molar-refractivity contribution in [3.8, 4) is 0 Å². The maximum Gasteiger partial charge on any atom is -0.0315 e. The SMILES string of the molecule is CC(C)C1CC2(C)CC1CC(C)(C)C2. The zero-order valence-electron chi connectivity index (χ0n) is 10.6. The van der Waals surface area contributed by atoms with Gasteiger partial charge in [-0.15, -0.1) is 0 Å². The molecule has 0 spiro atoms. The van der Waals surface area contributed by atoms with E-state index in [0.29, 0.717) is 10.8 Å². The summed E-state index contributed by atoms with van der Waals surface area (Å²) < 4.78 is 0. The zero-order valence-corrected chi connectivity index (χ0v) is 10.6. The average molecular weight is 194 g/mol. The van der Waals surface area contributed by atoms with E-state index in [1.807, 2.05) is 0 Å². The van der Waals surface area contributed by atoms with E-state index in [1.165, 1.54) is 25.7 Å². The van der Waals surface area contributed by atoms with Crippen molar-refractivity contribution in [1.82, 2.24) is 0 Å². The van der Waals surface area contributed by atoms with Crippen LogP contribution in [-0.4, -0.2) is 0 Å². The minimum Gasteiger partial charge on any atom is -0.0625 e. The Balaban J connectivity index is 2.19. The van der Waals surface area contributed by atoms with Gasteiger partial charge in [0, 0.05) is 0 Å². The second-order valence-electron chi connectivity index (χ2n) is 7.43. The van der Waals surface area contributed by atoms with Gasteiger partial charge >= 0.3 is 0 Å². The van der Waals surface area contributed by atoms with E-state index in [-0.39, 0.29) is 0 Å². The maximum absolute atomic E-state index is 2.53. The third-order valence-corrected chi connectivity index (χ3v) is 4.67. The predicted octanol–water partition coefficient (Wildman–Crippen LogP) is 4.49. The molecule has 2 saturated carbocycles. The number of hydrogen-bond donors (Lipinski definition) is 0. The highest BCUT2D eigenvalue weighted by Crippen LogP contribution is 2.61. The first kappa shape index (κ1) is 10.5. The van der Waals surface area contributed by atoms with E-state index in [0.717, 1.165) is 17.8 Å². The molecule has 0 aromatic rings. The van der Waals surface area contributed by atoms with Gasteiger partial charge in [-0.05, 0) is 54.3 Å². The van der Waals surface area contributed by atoms with Crippen LogP contribution in [0.5, 0.6) is 0 Å². The largest absolute Gasteiger partial charge is 0.0625 e. The molecule has 2 bridgehead atoms. The fourth-order valence-corrected chi connectivity index (χ4v) is 4.69. The van der Waals surface area contributed by atoms with Gasteiger partial charge in [0.25, 0.3) is 0 Å². The first-order valence-corrected chi connectivity index (χ1v) is 6.31. The molecule has 0 N–H and O–H groups in total. The number of hydrogen-bond acceptors (Lipinski definition) is 0. The van der Waals surface area contributed by atoms with Crippen molar-refractivity contribution in [3.63, 3.8) is 0 Å². The van der Waals surface area contributed by atoms with E-state index in [9.17, 15) is 0 Å². The van der Waals surface area contributed by atoms with E-state index in [2.05, 4.69) is 34.6 Å². The van der Waals surface area contributed by atoms with Crippen LogP contribution in [0.25, 0.3) is 0 Å². The summed E-state index contributed by atoms with van der Waals surface area (Å²) in [5, 5.41) is 0. The molecule has 2 aliphatic rings. The standard InChI is InChI=1S/C14H26/c1-10(2)12-8-14(5)7-11(12)6-13(3,4)9-14/h10-12H,6-9H2,1-5H3. The molecule has 0 heteroatoms. The number of rotatable bonds is 1. The first-order valence-electron chi connectivity index (χ1n) is 6.31. The lowest BCUT2D eigenvalue weighted by Gasteiger charge is -2.40. The van der Waals surface area contributed by atoms with Crippen LogP contribution >= 0.6 is 0 Å². The van der Waals surface area contributed by atoms with Gasteiger partial charge in [0.05, 0.1) is 0 Å². The van der Waals surface area contributed by atoms with Crippen LogP contribution in [0.3, 0.4) is 0 Å². The van der Waals surface area contributed by atoms with Gasteiger partial charge in [-0.3, -0.25) is 0 Å². The summed E-state index contributed by atoms with van der Waals surface area (Å²) in [5.74, 6) is 2.95. The highest BCUT2D eigenvalue weighted by atomic mass is 14.6. The molecule has 82 valence electrons. The second kappa shape index (κ2) is 3.00. The van der Waals surface area contributed by atoms with Crippen LogP contribution < -0.4 is 0 Å². The van der Waals surface area contributed by atoms with Crippen LogP contribution in [-0.2, 0) is 0 Å². The molecule has 0 radical (unpaired) electrons. The summed E-state index contributed by atoms with van der Waals surface area (Å²) in [4.78, 5) is 0. The van der Waals surface area contributed by atoms with Crippen LogP contribution in [0, 0.1) is 28.6 Å². The molecule has 0 aromatic heterocycles. The molecule has 2 aliphatic carbocycles. The molecule has 0 aromatic carbocycles. The van der Waals surface area contributed by atoms with Crippen LogP contribution in [0.15, 0.2) is 0 Å². The van der Waals surface area contributed by atoms with Crippen LogP contribution in [0.4, 0.5) is 0 Å². The van der Waals surface area contributed by atoms with Crippen molar-refractivity contribution in [2.24, 2.45) is 28.6 Å². The lowest BCUT2D eigenvalue weighted by molar-refractivity contribution is 0.103. The molecule has 0 heterocycles. The highest BCUT2D eigenvalue weighted by molar-refractivity contribution is 5.01. The molecule has 3 unspecified atom stereocenters. The first-order chi connectivity index (χ1) is 6.31. The molecule has 0 amide bonds. The Kier molecular flexibility index (Phi) is 2.25. The summed E-state index contributed by atoms with van der Waals surface area (Å²) in [5.41, 5.74) is 1.29. The summed E-state index contributed by atoms with van der Waals surface area (Å²) in [7, 11) is 0. The summed E-state index contributed by atoms with van der Waals surface area (Å²) in [6.07, 6.45) is 5.95. The zero-order chi connectivity index (χ0) is 10.6. The Labute approximate surface area is 89.5 Å². The van der Waals surface area contributed by atoms with Gasteiger partial charge in [0.1, 0.15) is 0 Å². The van der Waals surface area contributed by atoms with E-state index in [4.69, 9.17) is 0 Å². The van der Waals surface area contributed by atoms with Gasteiger partial charge in [0.2, 0.25) is 0 Å². The Morgan fingerprint density at radius 2 is 1.64 bits per heavy atom. The third kappa shape index (κ3) is 1.73. The summed E-state index contributed by atoms with van der Waals surface area (Å²) in [6.45, 7) is 12.3. The van der Waals surface area contributed by atoms with Gasteiger partial charge in [-0.1, -0.05) is 34.6 Å². The van der Waals surface area contributed by atoms with Gasteiger partial charge in [-0.2, -0.15) is 0 Å². The Bertz CT molecular complexity index is 226. The van der Waals surface area contributed by atoms with Gasteiger partial charge in [0.15, 0.2) is 0 Å². The van der Waals surface area contributed by atoms with Crippen LogP contribution in [0.1, 0.15) is 60.3 Å². The van der Waals surface area contributed by atoms with E-state index >= 15 is 0 Å².